The fourth-order valence-corrected chi connectivity index (χ4v) is 5.28. The van der Waals surface area contributed by atoms with Crippen LogP contribution in [-0.2, 0) is 14.6 Å². The molecule has 132 valence electrons. The summed E-state index contributed by atoms with van der Waals surface area (Å²) in [5, 5.41) is 3.85. The second-order valence-corrected chi connectivity index (χ2v) is 9.80. The van der Waals surface area contributed by atoms with E-state index in [0.29, 0.717) is 17.0 Å². The van der Waals surface area contributed by atoms with Crippen molar-refractivity contribution in [3.05, 3.63) is 29.8 Å². The number of piperidine rings is 1. The second-order valence-electron chi connectivity index (χ2n) is 7.78. The predicted molar refractivity (Wildman–Crippen MR) is 93.6 cm³/mol. The first-order chi connectivity index (χ1) is 11.5. The Hall–Kier alpha value is -0.910. The Morgan fingerprint density at radius 2 is 1.88 bits per heavy atom. The van der Waals surface area contributed by atoms with Crippen molar-refractivity contribution in [2.75, 3.05) is 19.5 Å². The van der Waals surface area contributed by atoms with Crippen molar-refractivity contribution in [2.24, 2.45) is 17.8 Å². The number of sulfone groups is 1. The molecule has 0 aromatic heterocycles. The average Bonchev–Trinajstić information content (AvgIpc) is 3.20. The lowest BCUT2D eigenvalue weighted by atomic mass is 9.89. The van der Waals surface area contributed by atoms with Crippen molar-refractivity contribution in [3.63, 3.8) is 0 Å². The van der Waals surface area contributed by atoms with Crippen LogP contribution in [0, 0.1) is 17.8 Å². The van der Waals surface area contributed by atoms with Gasteiger partial charge < -0.3 is 10.1 Å². The number of nitrogens with one attached hydrogen (secondary N) is 1. The van der Waals surface area contributed by atoms with Gasteiger partial charge in [0.1, 0.15) is 0 Å². The van der Waals surface area contributed by atoms with E-state index >= 15 is 0 Å². The number of rotatable bonds is 4. The van der Waals surface area contributed by atoms with Crippen molar-refractivity contribution in [1.82, 2.24) is 5.32 Å². The third-order valence-corrected chi connectivity index (χ3v) is 7.24. The zero-order chi connectivity index (χ0) is 16.7. The van der Waals surface area contributed by atoms with Crippen molar-refractivity contribution >= 4 is 9.84 Å². The van der Waals surface area contributed by atoms with Gasteiger partial charge in [0.05, 0.1) is 4.90 Å². The van der Waals surface area contributed by atoms with Crippen LogP contribution in [0.25, 0.3) is 0 Å². The van der Waals surface area contributed by atoms with Gasteiger partial charge in [-0.15, -0.1) is 0 Å². The summed E-state index contributed by atoms with van der Waals surface area (Å²) in [5.41, 5.74) is 1.22. The lowest BCUT2D eigenvalue weighted by Crippen LogP contribution is -2.39. The van der Waals surface area contributed by atoms with E-state index in [1.54, 1.807) is 12.1 Å². The van der Waals surface area contributed by atoms with E-state index in [9.17, 15) is 8.42 Å². The molecule has 5 atom stereocenters. The van der Waals surface area contributed by atoms with Gasteiger partial charge in [-0.05, 0) is 61.1 Å². The quantitative estimate of drug-likeness (QED) is 0.908. The van der Waals surface area contributed by atoms with Crippen LogP contribution in [0.15, 0.2) is 29.2 Å². The largest absolute Gasteiger partial charge is 0.381 e. The van der Waals surface area contributed by atoms with Gasteiger partial charge in [0.15, 0.2) is 9.84 Å². The van der Waals surface area contributed by atoms with Gasteiger partial charge in [-0.2, -0.15) is 0 Å². The Bertz CT molecular complexity index is 679. The van der Waals surface area contributed by atoms with Gasteiger partial charge >= 0.3 is 0 Å². The maximum Gasteiger partial charge on any atom is 0.175 e. The van der Waals surface area contributed by atoms with Crippen LogP contribution in [-0.4, -0.2) is 33.9 Å². The van der Waals surface area contributed by atoms with Crippen LogP contribution in [0.3, 0.4) is 0 Å². The molecule has 1 saturated carbocycles. The maximum absolute atomic E-state index is 11.6. The molecular formula is C19H27NO3S. The molecule has 1 aliphatic carbocycles. The number of benzene rings is 1. The number of ether oxygens (including phenoxy) is 1. The van der Waals surface area contributed by atoms with E-state index in [0.717, 1.165) is 37.4 Å². The van der Waals surface area contributed by atoms with Crippen molar-refractivity contribution in [2.45, 2.75) is 49.1 Å². The van der Waals surface area contributed by atoms with Gasteiger partial charge in [-0.3, -0.25) is 0 Å². The van der Waals surface area contributed by atoms with Crippen LogP contribution in [0.1, 0.15) is 43.7 Å². The molecular weight excluding hydrogens is 322 g/mol. The molecule has 0 radical (unpaired) electrons. The molecule has 5 unspecified atom stereocenters. The molecule has 5 heteroatoms. The van der Waals surface area contributed by atoms with E-state index in [1.807, 2.05) is 12.1 Å². The third kappa shape index (κ3) is 3.39. The van der Waals surface area contributed by atoms with Gasteiger partial charge in [0.25, 0.3) is 0 Å². The first-order valence-corrected chi connectivity index (χ1v) is 11.1. The second kappa shape index (κ2) is 6.43. The van der Waals surface area contributed by atoms with E-state index in [2.05, 4.69) is 5.32 Å². The van der Waals surface area contributed by atoms with Crippen LogP contribution < -0.4 is 5.32 Å². The lowest BCUT2D eigenvalue weighted by Gasteiger charge is -2.32. The summed E-state index contributed by atoms with van der Waals surface area (Å²) >= 11 is 0. The van der Waals surface area contributed by atoms with Gasteiger partial charge in [0.2, 0.25) is 0 Å². The van der Waals surface area contributed by atoms with Crippen molar-refractivity contribution < 1.29 is 13.2 Å². The fourth-order valence-electron chi connectivity index (χ4n) is 4.65. The Kier molecular flexibility index (Phi) is 4.43. The molecule has 1 aromatic rings. The summed E-state index contributed by atoms with van der Waals surface area (Å²) in [7, 11) is -3.11. The summed E-state index contributed by atoms with van der Waals surface area (Å²) < 4.78 is 28.8. The number of hydrogen-bond donors (Lipinski definition) is 1. The smallest absolute Gasteiger partial charge is 0.175 e. The van der Waals surface area contributed by atoms with Crippen LogP contribution in [0.2, 0.25) is 0 Å². The Morgan fingerprint density at radius 3 is 2.54 bits per heavy atom. The predicted octanol–water partition coefficient (Wildman–Crippen LogP) is 2.95. The van der Waals surface area contributed by atoms with Crippen molar-refractivity contribution in [1.29, 1.82) is 0 Å². The minimum Gasteiger partial charge on any atom is -0.381 e. The van der Waals surface area contributed by atoms with Crippen LogP contribution in [0.5, 0.6) is 0 Å². The summed E-state index contributed by atoms with van der Waals surface area (Å²) in [6.07, 6.45) is 7.51. The summed E-state index contributed by atoms with van der Waals surface area (Å²) in [6, 6.07) is 8.41. The minimum atomic E-state index is -3.11. The van der Waals surface area contributed by atoms with E-state index in [4.69, 9.17) is 4.74 Å². The SMILES string of the molecule is CS(=O)(=O)c1ccc(C2CCCC(C3CC3C3CCOC3)N2)cc1. The molecule has 1 N–H and O–H groups in total. The molecule has 0 bridgehead atoms. The molecule has 0 amide bonds. The molecule has 0 spiro atoms. The standard InChI is InChI=1S/C19H27NO3S/c1-24(21,22)15-7-5-13(6-8-15)18-3-2-4-19(20-18)17-11-16(17)14-9-10-23-12-14/h5-8,14,16-20H,2-4,9-12H2,1H3. The number of hydrogen-bond acceptors (Lipinski definition) is 4. The third-order valence-electron chi connectivity index (χ3n) is 6.11. The first-order valence-electron chi connectivity index (χ1n) is 9.16. The molecule has 2 heterocycles. The molecule has 24 heavy (non-hydrogen) atoms. The average molecular weight is 349 g/mol. The molecule has 4 nitrogen and oxygen atoms in total. The summed E-state index contributed by atoms with van der Waals surface area (Å²) in [6.45, 7) is 1.91. The molecule has 2 saturated heterocycles. The molecule has 2 aliphatic heterocycles. The highest BCUT2D eigenvalue weighted by atomic mass is 32.2. The van der Waals surface area contributed by atoms with Crippen LogP contribution in [0.4, 0.5) is 0 Å². The van der Waals surface area contributed by atoms with Crippen molar-refractivity contribution in [3.8, 4) is 0 Å². The molecule has 3 aliphatic rings. The Morgan fingerprint density at radius 1 is 1.08 bits per heavy atom. The monoisotopic (exact) mass is 349 g/mol. The van der Waals surface area contributed by atoms with Gasteiger partial charge in [0, 0.05) is 31.6 Å². The summed E-state index contributed by atoms with van der Waals surface area (Å²) in [4.78, 5) is 0.405. The fraction of sp³-hybridized carbons (Fsp3) is 0.684. The van der Waals surface area contributed by atoms with E-state index < -0.39 is 9.84 Å². The maximum atomic E-state index is 11.6. The zero-order valence-corrected chi connectivity index (χ0v) is 15.1. The molecule has 3 fully saturated rings. The first kappa shape index (κ1) is 16.6. The minimum absolute atomic E-state index is 0.360. The highest BCUT2D eigenvalue weighted by molar-refractivity contribution is 7.90. The zero-order valence-electron chi connectivity index (χ0n) is 14.3. The van der Waals surface area contributed by atoms with E-state index in [1.165, 1.54) is 37.5 Å². The topological polar surface area (TPSA) is 55.4 Å². The van der Waals surface area contributed by atoms with Crippen LogP contribution >= 0.6 is 0 Å². The Labute approximate surface area is 144 Å². The van der Waals surface area contributed by atoms with Gasteiger partial charge in [-0.1, -0.05) is 18.6 Å². The molecule has 4 rings (SSSR count). The Balaban J connectivity index is 1.40. The summed E-state index contributed by atoms with van der Waals surface area (Å²) in [5.74, 6) is 2.46. The van der Waals surface area contributed by atoms with Gasteiger partial charge in [-0.25, -0.2) is 8.42 Å². The molecule has 1 aromatic carbocycles. The normalized spacial score (nSPS) is 36.6. The van der Waals surface area contributed by atoms with E-state index in [-0.39, 0.29) is 0 Å². The highest BCUT2D eigenvalue weighted by Crippen LogP contribution is 2.51. The highest BCUT2D eigenvalue weighted by Gasteiger charge is 2.48. The lowest BCUT2D eigenvalue weighted by molar-refractivity contribution is 0.178.